The molecule has 0 spiro atoms. The van der Waals surface area contributed by atoms with Crippen molar-refractivity contribution in [1.29, 1.82) is 0 Å². The van der Waals surface area contributed by atoms with Gasteiger partial charge in [0, 0.05) is 25.6 Å². The summed E-state index contributed by atoms with van der Waals surface area (Å²) in [7, 11) is 0. The molecule has 1 aliphatic heterocycles. The molecule has 1 aromatic rings. The number of aliphatic hydroxyl groups is 1. The minimum atomic E-state index is -4.61. The second-order valence-corrected chi connectivity index (χ2v) is 4.48. The van der Waals surface area contributed by atoms with Gasteiger partial charge in [0.15, 0.2) is 5.69 Å². The molecule has 1 unspecified atom stereocenters. The van der Waals surface area contributed by atoms with Gasteiger partial charge in [0.05, 0.1) is 6.61 Å². The molecule has 0 aromatic carbocycles. The molecule has 112 valence electrons. The van der Waals surface area contributed by atoms with Gasteiger partial charge in [-0.1, -0.05) is 0 Å². The van der Waals surface area contributed by atoms with Gasteiger partial charge in [-0.25, -0.2) is 10.8 Å². The number of nitrogen functional groups attached to an aromatic ring is 1. The van der Waals surface area contributed by atoms with Crippen molar-refractivity contribution in [3.05, 3.63) is 11.8 Å². The van der Waals surface area contributed by atoms with Gasteiger partial charge in [-0.3, -0.25) is 5.43 Å². The number of nitrogens with two attached hydrogens (primary N) is 1. The highest BCUT2D eigenvalue weighted by Gasteiger charge is 2.35. The van der Waals surface area contributed by atoms with E-state index in [-0.39, 0.29) is 24.9 Å². The number of nitrogens with zero attached hydrogens (tertiary/aromatic N) is 2. The van der Waals surface area contributed by atoms with E-state index < -0.39 is 17.5 Å². The van der Waals surface area contributed by atoms with E-state index in [1.807, 2.05) is 5.43 Å². The Morgan fingerprint density at radius 2 is 2.20 bits per heavy atom. The molecule has 1 aromatic heterocycles. The summed E-state index contributed by atoms with van der Waals surface area (Å²) in [4.78, 5) is 6.97. The monoisotopic (exact) mass is 293 g/mol. The van der Waals surface area contributed by atoms with Crippen molar-refractivity contribution in [1.82, 2.24) is 9.97 Å². The van der Waals surface area contributed by atoms with Crippen LogP contribution in [-0.2, 0) is 10.9 Å². The second-order valence-electron chi connectivity index (χ2n) is 4.48. The summed E-state index contributed by atoms with van der Waals surface area (Å²) >= 11 is 0. The number of hydrogen-bond donors (Lipinski definition) is 4. The normalized spacial score (nSPS) is 22.9. The summed E-state index contributed by atoms with van der Waals surface area (Å²) in [6, 6.07) is 0.750. The molecule has 2 heterocycles. The molecule has 1 saturated heterocycles. The Balaban J connectivity index is 2.14. The number of aromatic nitrogens is 2. The van der Waals surface area contributed by atoms with Gasteiger partial charge in [0.1, 0.15) is 11.4 Å². The van der Waals surface area contributed by atoms with Gasteiger partial charge < -0.3 is 15.2 Å². The van der Waals surface area contributed by atoms with E-state index in [0.29, 0.717) is 13.0 Å². The molecule has 0 bridgehead atoms. The number of rotatable bonds is 4. The van der Waals surface area contributed by atoms with Crippen LogP contribution in [0.25, 0.3) is 0 Å². The number of nitrogens with one attached hydrogen (secondary N) is 2. The van der Waals surface area contributed by atoms with E-state index in [2.05, 4.69) is 15.3 Å². The number of alkyl halides is 3. The first-order chi connectivity index (χ1) is 9.32. The minimum absolute atomic E-state index is 0.0192. The van der Waals surface area contributed by atoms with Gasteiger partial charge >= 0.3 is 6.18 Å². The van der Waals surface area contributed by atoms with Crippen molar-refractivity contribution in [3.8, 4) is 0 Å². The van der Waals surface area contributed by atoms with E-state index in [4.69, 9.17) is 10.6 Å². The fraction of sp³-hybridized carbons (Fsp3) is 0.600. The number of hydrogen-bond acceptors (Lipinski definition) is 7. The molecule has 0 saturated carbocycles. The molecule has 0 radical (unpaired) electrons. The van der Waals surface area contributed by atoms with Gasteiger partial charge in [-0.15, -0.1) is 0 Å². The maximum atomic E-state index is 12.6. The first-order valence-corrected chi connectivity index (χ1v) is 5.79. The van der Waals surface area contributed by atoms with Crippen molar-refractivity contribution < 1.29 is 23.0 Å². The van der Waals surface area contributed by atoms with E-state index in [0.717, 1.165) is 6.07 Å². The summed E-state index contributed by atoms with van der Waals surface area (Å²) in [6.45, 7) is 0.551. The Hall–Kier alpha value is -1.65. The minimum Gasteiger partial charge on any atom is -0.386 e. The molecule has 1 aliphatic rings. The topological polar surface area (TPSA) is 105 Å². The largest absolute Gasteiger partial charge is 0.433 e. The third-order valence-corrected chi connectivity index (χ3v) is 2.83. The SMILES string of the molecule is NNc1nc(NCC2(O)CCOC2)cc(C(F)(F)F)n1. The molecule has 5 N–H and O–H groups in total. The highest BCUT2D eigenvalue weighted by molar-refractivity contribution is 5.43. The van der Waals surface area contributed by atoms with Crippen molar-refractivity contribution in [2.45, 2.75) is 18.2 Å². The van der Waals surface area contributed by atoms with Crippen molar-refractivity contribution in [2.75, 3.05) is 30.5 Å². The van der Waals surface area contributed by atoms with E-state index in [9.17, 15) is 18.3 Å². The van der Waals surface area contributed by atoms with Crippen LogP contribution in [0.15, 0.2) is 6.07 Å². The Bertz CT molecular complexity index is 476. The lowest BCUT2D eigenvalue weighted by atomic mass is 10.0. The zero-order valence-electron chi connectivity index (χ0n) is 10.4. The fourth-order valence-electron chi connectivity index (χ4n) is 1.74. The molecule has 20 heavy (non-hydrogen) atoms. The van der Waals surface area contributed by atoms with E-state index in [1.165, 1.54) is 0 Å². The predicted molar refractivity (Wildman–Crippen MR) is 63.7 cm³/mol. The number of ether oxygens (including phenoxy) is 1. The van der Waals surface area contributed by atoms with Crippen LogP contribution in [0.2, 0.25) is 0 Å². The average Bonchev–Trinajstić information content (AvgIpc) is 2.82. The first kappa shape index (κ1) is 14.8. The van der Waals surface area contributed by atoms with Crippen LogP contribution in [0, 0.1) is 0 Å². The third kappa shape index (κ3) is 3.46. The molecule has 0 amide bonds. The van der Waals surface area contributed by atoms with Crippen molar-refractivity contribution in [2.24, 2.45) is 5.84 Å². The van der Waals surface area contributed by atoms with Crippen LogP contribution in [0.5, 0.6) is 0 Å². The zero-order chi connectivity index (χ0) is 14.8. The van der Waals surface area contributed by atoms with Crippen LogP contribution < -0.4 is 16.6 Å². The quantitative estimate of drug-likeness (QED) is 0.469. The molecular weight excluding hydrogens is 279 g/mol. The van der Waals surface area contributed by atoms with Gasteiger partial charge in [0.25, 0.3) is 0 Å². The Kier molecular flexibility index (Phi) is 3.97. The number of anilines is 2. The molecular formula is C10H14F3N5O2. The Morgan fingerprint density at radius 1 is 1.45 bits per heavy atom. The number of hydrazine groups is 1. The summed E-state index contributed by atoms with van der Waals surface area (Å²) in [5, 5.41) is 12.7. The average molecular weight is 293 g/mol. The molecule has 1 atom stereocenters. The third-order valence-electron chi connectivity index (χ3n) is 2.83. The van der Waals surface area contributed by atoms with Crippen molar-refractivity contribution >= 4 is 11.8 Å². The van der Waals surface area contributed by atoms with Crippen LogP contribution >= 0.6 is 0 Å². The summed E-state index contributed by atoms with van der Waals surface area (Å²) in [5.41, 5.74) is -0.271. The Labute approximate surface area is 112 Å². The van der Waals surface area contributed by atoms with E-state index >= 15 is 0 Å². The zero-order valence-corrected chi connectivity index (χ0v) is 10.4. The lowest BCUT2D eigenvalue weighted by Gasteiger charge is -2.21. The van der Waals surface area contributed by atoms with Crippen LogP contribution in [-0.4, -0.2) is 40.4 Å². The molecule has 2 rings (SSSR count). The summed E-state index contributed by atoms with van der Waals surface area (Å²) in [6.07, 6.45) is -4.21. The van der Waals surface area contributed by atoms with Crippen LogP contribution in [0.3, 0.4) is 0 Å². The van der Waals surface area contributed by atoms with E-state index in [1.54, 1.807) is 0 Å². The molecule has 1 fully saturated rings. The summed E-state index contributed by atoms with van der Waals surface area (Å²) in [5.74, 6) is 4.59. The molecule has 10 heteroatoms. The van der Waals surface area contributed by atoms with Crippen LogP contribution in [0.1, 0.15) is 12.1 Å². The van der Waals surface area contributed by atoms with Gasteiger partial charge in [-0.05, 0) is 0 Å². The van der Waals surface area contributed by atoms with Crippen LogP contribution in [0.4, 0.5) is 24.9 Å². The molecule has 7 nitrogen and oxygen atoms in total. The smallest absolute Gasteiger partial charge is 0.386 e. The fourth-order valence-corrected chi connectivity index (χ4v) is 1.74. The second kappa shape index (κ2) is 5.38. The van der Waals surface area contributed by atoms with Gasteiger partial charge in [-0.2, -0.15) is 18.2 Å². The summed E-state index contributed by atoms with van der Waals surface area (Å²) < 4.78 is 43.0. The maximum Gasteiger partial charge on any atom is 0.433 e. The standard InChI is InChI=1S/C10H14F3N5O2/c11-10(12,13)6-3-7(17-8(16-6)18-14)15-4-9(19)1-2-20-5-9/h3,19H,1-2,4-5,14H2,(H2,15,16,17,18). The molecule has 0 aliphatic carbocycles. The Morgan fingerprint density at radius 3 is 2.75 bits per heavy atom. The van der Waals surface area contributed by atoms with Crippen molar-refractivity contribution in [3.63, 3.8) is 0 Å². The highest BCUT2D eigenvalue weighted by atomic mass is 19.4. The number of halogens is 3. The lowest BCUT2D eigenvalue weighted by molar-refractivity contribution is -0.141. The maximum absolute atomic E-state index is 12.6. The highest BCUT2D eigenvalue weighted by Crippen LogP contribution is 2.29. The lowest BCUT2D eigenvalue weighted by Crippen LogP contribution is -2.37. The van der Waals surface area contributed by atoms with Gasteiger partial charge in [0.2, 0.25) is 5.95 Å². The predicted octanol–water partition coefficient (Wildman–Crippen LogP) is 0.344. The first-order valence-electron chi connectivity index (χ1n) is 5.79.